The summed E-state index contributed by atoms with van der Waals surface area (Å²) < 4.78 is 152. The number of rotatable bonds is 11. The Kier molecular flexibility index (Phi) is 24.4. The normalized spacial score (nSPS) is 10.7. The summed E-state index contributed by atoms with van der Waals surface area (Å²) in [4.78, 5) is 0.156. The fraction of sp³-hybridized carbons (Fsp3) is 0.0508. The Morgan fingerprint density at radius 1 is 0.432 bits per heavy atom. The summed E-state index contributed by atoms with van der Waals surface area (Å²) in [7, 11) is -5.81. The molecule has 10 nitrogen and oxygen atoms in total. The Morgan fingerprint density at radius 3 is 1.10 bits per heavy atom. The molecule has 9 aromatic rings. The van der Waals surface area contributed by atoms with Crippen LogP contribution in [0.1, 0.15) is 29.2 Å². The fourth-order valence-corrected chi connectivity index (χ4v) is 10.9. The maximum atomic E-state index is 13.9. The van der Waals surface area contributed by atoms with E-state index in [1.807, 2.05) is 18.2 Å². The maximum absolute atomic E-state index is 13.9. The second-order valence-corrected chi connectivity index (χ2v) is 23.5. The van der Waals surface area contributed by atoms with E-state index < -0.39 is 63.6 Å². The summed E-state index contributed by atoms with van der Waals surface area (Å²) in [6.07, 6.45) is 0. The number of nitrogens with zero attached hydrogens (tertiary/aromatic N) is 2. The van der Waals surface area contributed by atoms with Crippen molar-refractivity contribution < 1.29 is 71.9 Å². The van der Waals surface area contributed by atoms with E-state index in [-0.39, 0.29) is 80.5 Å². The van der Waals surface area contributed by atoms with E-state index in [4.69, 9.17) is 32.7 Å². The number of nitrogens with two attached hydrogens (primary N) is 2. The van der Waals surface area contributed by atoms with Gasteiger partial charge >= 0.3 is 18.9 Å². The largest absolute Gasteiger partial charge is 1.00 e. The minimum atomic E-state index is -3.80. The van der Waals surface area contributed by atoms with Crippen LogP contribution in [0.25, 0.3) is 33.4 Å². The topological polar surface area (TPSA) is 202 Å². The molecular weight excluding hydrogens is 1140 g/mol. The van der Waals surface area contributed by atoms with Crippen LogP contribution in [0.5, 0.6) is 0 Å². The van der Waals surface area contributed by atoms with E-state index in [9.17, 15) is 51.6 Å². The van der Waals surface area contributed by atoms with Crippen LogP contribution in [0.15, 0.2) is 215 Å². The minimum Gasteiger partial charge on any atom is -1.00 e. The molecule has 9 rings (SSSR count). The fourth-order valence-electron chi connectivity index (χ4n) is 7.44. The summed E-state index contributed by atoms with van der Waals surface area (Å²) in [5.41, 5.74) is 16.6. The molecule has 0 heterocycles. The van der Waals surface area contributed by atoms with Gasteiger partial charge in [-0.15, -0.1) is 0 Å². The molecule has 9 aromatic carbocycles. The zero-order chi connectivity index (χ0) is 57.5. The molecule has 0 spiro atoms. The number of nitriles is 2. The van der Waals surface area contributed by atoms with E-state index in [2.05, 4.69) is 0 Å². The first-order chi connectivity index (χ1) is 37.5. The van der Waals surface area contributed by atoms with Crippen LogP contribution >= 0.6 is 10.7 Å². The predicted octanol–water partition coefficient (Wildman–Crippen LogP) is 9.17. The van der Waals surface area contributed by atoms with E-state index in [1.54, 1.807) is 60.7 Å². The van der Waals surface area contributed by atoms with Crippen molar-refractivity contribution in [3.63, 3.8) is 0 Å². The molecule has 0 aliphatic heterocycles. The van der Waals surface area contributed by atoms with E-state index in [1.165, 1.54) is 97.1 Å². The van der Waals surface area contributed by atoms with Crippen molar-refractivity contribution in [2.45, 2.75) is 32.7 Å². The van der Waals surface area contributed by atoms with E-state index >= 15 is 0 Å². The Bertz CT molecular complexity index is 4090. The van der Waals surface area contributed by atoms with Gasteiger partial charge in [-0.25, -0.2) is 51.6 Å². The average molecular weight is 1190 g/mol. The van der Waals surface area contributed by atoms with Gasteiger partial charge in [0, 0.05) is 57.8 Å². The van der Waals surface area contributed by atoms with Crippen molar-refractivity contribution in [2.75, 3.05) is 5.73 Å². The number of anilines is 1. The smallest absolute Gasteiger partial charge is 1.00 e. The van der Waals surface area contributed by atoms with Crippen molar-refractivity contribution in [1.29, 1.82) is 10.5 Å². The molecule has 0 radical (unpaired) electrons. The second kappa shape index (κ2) is 29.9. The number of hydrogen-bond donors (Lipinski definition) is 2. The average Bonchev–Trinajstić information content (AvgIpc) is 3.57. The molecule has 0 aliphatic rings. The van der Waals surface area contributed by atoms with Crippen LogP contribution in [0, 0.1) is 57.6 Å². The molecule has 0 atom stereocenters. The van der Waals surface area contributed by atoms with Gasteiger partial charge in [-0.05, 0) is 137 Å². The van der Waals surface area contributed by atoms with Gasteiger partial charge < -0.3 is 12.9 Å². The van der Waals surface area contributed by atoms with Gasteiger partial charge in [0.05, 0.1) is 49.5 Å². The Morgan fingerprint density at radius 2 is 0.765 bits per heavy atom. The first kappa shape index (κ1) is 66.1. The third kappa shape index (κ3) is 19.1. The molecule has 81 heavy (non-hydrogen) atoms. The van der Waals surface area contributed by atoms with Gasteiger partial charge in [0.15, 0.2) is 37.0 Å². The van der Waals surface area contributed by atoms with Crippen LogP contribution in [-0.4, -0.2) is 42.6 Å². The zero-order valence-corrected chi connectivity index (χ0v) is 45.2. The van der Waals surface area contributed by atoms with Crippen molar-refractivity contribution in [3.8, 4) is 45.5 Å². The molecule has 0 saturated heterocycles. The predicted molar refractivity (Wildman–Crippen MR) is 302 cm³/mol. The molecule has 0 aromatic heterocycles. The Balaban J connectivity index is 0.000000298. The Hall–Kier alpha value is -7.43. The van der Waals surface area contributed by atoms with Crippen molar-refractivity contribution in [1.82, 2.24) is 0 Å². The van der Waals surface area contributed by atoms with E-state index in [0.29, 0.717) is 51.2 Å². The van der Waals surface area contributed by atoms with Crippen molar-refractivity contribution >= 4 is 62.5 Å². The molecule has 4 N–H and O–H groups in total. The summed E-state index contributed by atoms with van der Waals surface area (Å²) >= 11 is 0. The molecular formula is C59H47AlClF6LiN4O6S3. The summed E-state index contributed by atoms with van der Waals surface area (Å²) in [6, 6.07) is 51.0. The van der Waals surface area contributed by atoms with E-state index in [0.717, 1.165) is 42.0 Å². The van der Waals surface area contributed by atoms with Gasteiger partial charge in [0.1, 0.15) is 34.9 Å². The standard InChI is InChI=1S/C20H17F2NO2S.C20H13F2NO2S.C12H7ClF2O2S.C7H6N2.Al.Li.4H/c2*21-17-6-9-19(20(22)11-17)16-4-7-18(8-5-16)26(24,25)13-15-3-1-2-14(10-15)12-23;13-18(16,17)10-4-1-8(2-5-10)11-6-3-9(14)7-12(11)15;8-5-6-2-1-3-7(9)4-6;;;;;;/h1-11H,12-13,23H2;1-11H,13H2;1-7H;1-4H,9H2;;;;;;/q;;;;;+1;;;;-1. The second-order valence-electron chi connectivity index (χ2n) is 17.0. The molecule has 0 bridgehead atoms. The number of benzene rings is 9. The van der Waals surface area contributed by atoms with Gasteiger partial charge in [-0.1, -0.05) is 78.9 Å². The molecule has 0 amide bonds. The third-order valence-electron chi connectivity index (χ3n) is 11.3. The SMILES string of the molecule is N#Cc1cccc(CS(=O)(=O)c2ccc(-c3ccc(F)cc3F)cc2)c1.N#Cc1cccc(N)c1.NCc1cccc(CS(=O)(=O)c2ccc(-c3ccc(F)cc3F)cc2)c1.O=S(=O)(Cl)c1ccc(-c2ccc(F)cc2F)cc1.[AlH3].[H-].[Li+]. The number of hydrogen-bond acceptors (Lipinski definition) is 10. The van der Waals surface area contributed by atoms with Crippen molar-refractivity contribution in [2.24, 2.45) is 5.73 Å². The molecule has 22 heteroatoms. The third-order valence-corrected chi connectivity index (χ3v) is 16.1. The molecule has 0 aliphatic carbocycles. The maximum Gasteiger partial charge on any atom is 1.00 e. The minimum absolute atomic E-state index is 0. The van der Waals surface area contributed by atoms with Gasteiger partial charge in [0.2, 0.25) is 0 Å². The van der Waals surface area contributed by atoms with Gasteiger partial charge in [-0.3, -0.25) is 0 Å². The number of halogens is 7. The molecule has 0 unspecified atom stereocenters. The summed E-state index contributed by atoms with van der Waals surface area (Å²) in [6.45, 7) is 0.339. The van der Waals surface area contributed by atoms with Crippen LogP contribution < -0.4 is 30.3 Å². The number of nitrogen functional groups attached to an aromatic ring is 1. The van der Waals surface area contributed by atoms with Crippen LogP contribution in [0.2, 0.25) is 0 Å². The molecule has 410 valence electrons. The quantitative estimate of drug-likeness (QED) is 0.0544. The summed E-state index contributed by atoms with van der Waals surface area (Å²) in [5, 5.41) is 17.3. The zero-order valence-electron chi connectivity index (χ0n) is 43.0. The van der Waals surface area contributed by atoms with Gasteiger partial charge in [0.25, 0.3) is 9.05 Å². The molecule has 0 saturated carbocycles. The van der Waals surface area contributed by atoms with Crippen LogP contribution in [0.4, 0.5) is 32.0 Å². The number of sulfone groups is 2. The first-order valence-electron chi connectivity index (χ1n) is 23.1. The van der Waals surface area contributed by atoms with Gasteiger partial charge in [-0.2, -0.15) is 10.5 Å². The summed E-state index contributed by atoms with van der Waals surface area (Å²) in [5.74, 6) is -4.52. The first-order valence-corrected chi connectivity index (χ1v) is 28.7. The molecule has 0 fully saturated rings. The monoisotopic (exact) mass is 1190 g/mol. The Labute approximate surface area is 494 Å². The van der Waals surface area contributed by atoms with Crippen LogP contribution in [0.3, 0.4) is 0 Å². The van der Waals surface area contributed by atoms with Crippen LogP contribution in [-0.2, 0) is 46.8 Å². The van der Waals surface area contributed by atoms with Crippen molar-refractivity contribution in [3.05, 3.63) is 263 Å².